The van der Waals surface area contributed by atoms with E-state index in [2.05, 4.69) is 21.2 Å². The van der Waals surface area contributed by atoms with Crippen LogP contribution in [-0.4, -0.2) is 6.54 Å². The molecule has 0 aliphatic heterocycles. The van der Waals surface area contributed by atoms with Crippen LogP contribution in [0.15, 0.2) is 40.9 Å². The minimum Gasteiger partial charge on any atom is -0.306 e. The van der Waals surface area contributed by atoms with E-state index in [9.17, 15) is 8.78 Å². The molecule has 20 heavy (non-hydrogen) atoms. The van der Waals surface area contributed by atoms with Crippen LogP contribution in [0, 0.1) is 11.6 Å². The predicted molar refractivity (Wildman–Crippen MR) is 81.0 cm³/mol. The van der Waals surface area contributed by atoms with Crippen LogP contribution < -0.4 is 5.32 Å². The monoisotopic (exact) mass is 359 g/mol. The van der Waals surface area contributed by atoms with Gasteiger partial charge in [0.2, 0.25) is 0 Å². The first-order valence-corrected chi connectivity index (χ1v) is 7.34. The van der Waals surface area contributed by atoms with Crippen molar-refractivity contribution in [1.82, 2.24) is 5.32 Å². The molecule has 0 aromatic heterocycles. The largest absolute Gasteiger partial charge is 0.306 e. The second-order valence-corrected chi connectivity index (χ2v) is 5.53. The second-order valence-electron chi connectivity index (χ2n) is 4.30. The summed E-state index contributed by atoms with van der Waals surface area (Å²) in [5.74, 6) is -0.792. The lowest BCUT2D eigenvalue weighted by Crippen LogP contribution is -2.23. The van der Waals surface area contributed by atoms with Gasteiger partial charge in [-0.1, -0.05) is 36.7 Å². The minimum atomic E-state index is -0.442. The Bertz CT molecular complexity index is 619. The van der Waals surface area contributed by atoms with E-state index in [4.69, 9.17) is 11.6 Å². The minimum absolute atomic E-state index is 0.333. The first kappa shape index (κ1) is 15.4. The number of hydrogen-bond acceptors (Lipinski definition) is 1. The van der Waals surface area contributed by atoms with Crippen molar-refractivity contribution in [2.24, 2.45) is 0 Å². The molecule has 0 bridgehead atoms. The molecule has 0 saturated carbocycles. The molecule has 0 radical (unpaired) electrons. The quantitative estimate of drug-likeness (QED) is 0.802. The van der Waals surface area contributed by atoms with Gasteiger partial charge in [-0.05, 0) is 46.2 Å². The van der Waals surface area contributed by atoms with Crippen molar-refractivity contribution in [1.29, 1.82) is 0 Å². The van der Waals surface area contributed by atoms with Gasteiger partial charge in [-0.15, -0.1) is 0 Å². The molecule has 2 aromatic rings. The highest BCUT2D eigenvalue weighted by Crippen LogP contribution is 2.32. The van der Waals surface area contributed by atoms with E-state index in [-0.39, 0.29) is 5.82 Å². The molecule has 1 atom stereocenters. The summed E-state index contributed by atoms with van der Waals surface area (Å²) < 4.78 is 28.1. The summed E-state index contributed by atoms with van der Waals surface area (Å²) in [6.07, 6.45) is 0. The van der Waals surface area contributed by atoms with Crippen LogP contribution in [0.1, 0.15) is 24.1 Å². The van der Waals surface area contributed by atoms with Crippen LogP contribution in [0.5, 0.6) is 0 Å². The number of nitrogens with one attached hydrogen (secondary N) is 1. The maximum absolute atomic E-state index is 14.1. The van der Waals surface area contributed by atoms with Crippen molar-refractivity contribution in [3.63, 3.8) is 0 Å². The fraction of sp³-hybridized carbons (Fsp3) is 0.200. The van der Waals surface area contributed by atoms with Gasteiger partial charge in [0.1, 0.15) is 11.6 Å². The molecule has 5 heteroatoms. The highest BCUT2D eigenvalue weighted by atomic mass is 79.9. The van der Waals surface area contributed by atoms with Crippen molar-refractivity contribution in [3.8, 4) is 0 Å². The van der Waals surface area contributed by atoms with Gasteiger partial charge in [0.05, 0.1) is 10.5 Å². The zero-order valence-corrected chi connectivity index (χ0v) is 13.1. The summed E-state index contributed by atoms with van der Waals surface area (Å²) in [4.78, 5) is 0. The summed E-state index contributed by atoms with van der Waals surface area (Å²) in [6.45, 7) is 2.53. The van der Waals surface area contributed by atoms with Crippen LogP contribution in [-0.2, 0) is 0 Å². The molecule has 1 nitrogen and oxygen atoms in total. The SMILES string of the molecule is CCNC(c1ccc(Cl)cc1F)c1cccc(F)c1Br. The van der Waals surface area contributed by atoms with Gasteiger partial charge >= 0.3 is 0 Å². The van der Waals surface area contributed by atoms with E-state index in [1.165, 1.54) is 12.1 Å². The first-order chi connectivity index (χ1) is 9.54. The molecule has 1 unspecified atom stereocenters. The predicted octanol–water partition coefficient (Wildman–Crippen LogP) is 5.08. The Hall–Kier alpha value is -0.970. The summed E-state index contributed by atoms with van der Waals surface area (Å²) in [6, 6.07) is 8.77. The Morgan fingerprint density at radius 3 is 2.55 bits per heavy atom. The number of halogens is 4. The molecule has 2 rings (SSSR count). The summed E-state index contributed by atoms with van der Waals surface area (Å²) in [5.41, 5.74) is 1.08. The fourth-order valence-corrected chi connectivity index (χ4v) is 2.72. The zero-order valence-electron chi connectivity index (χ0n) is 10.8. The van der Waals surface area contributed by atoms with Gasteiger partial charge in [-0.3, -0.25) is 0 Å². The number of rotatable bonds is 4. The van der Waals surface area contributed by atoms with Gasteiger partial charge in [0.15, 0.2) is 0 Å². The third-order valence-corrected chi connectivity index (χ3v) is 4.05. The van der Waals surface area contributed by atoms with Crippen LogP contribution >= 0.6 is 27.5 Å². The lowest BCUT2D eigenvalue weighted by Gasteiger charge is -2.21. The summed E-state index contributed by atoms with van der Waals surface area (Å²) >= 11 is 9.00. The molecule has 1 N–H and O–H groups in total. The van der Waals surface area contributed by atoms with Crippen molar-refractivity contribution < 1.29 is 8.78 Å². The third-order valence-electron chi connectivity index (χ3n) is 2.97. The van der Waals surface area contributed by atoms with Crippen molar-refractivity contribution >= 4 is 27.5 Å². The molecule has 0 amide bonds. The lowest BCUT2D eigenvalue weighted by atomic mass is 9.98. The van der Waals surface area contributed by atoms with Gasteiger partial charge in [-0.2, -0.15) is 0 Å². The van der Waals surface area contributed by atoms with Crippen molar-refractivity contribution in [2.45, 2.75) is 13.0 Å². The van der Waals surface area contributed by atoms with Gasteiger partial charge < -0.3 is 5.32 Å². The van der Waals surface area contributed by atoms with Crippen LogP contribution in [0.25, 0.3) is 0 Å². The van der Waals surface area contributed by atoms with Crippen LogP contribution in [0.4, 0.5) is 8.78 Å². The van der Waals surface area contributed by atoms with E-state index in [1.54, 1.807) is 24.3 Å². The van der Waals surface area contributed by atoms with Gasteiger partial charge in [-0.25, -0.2) is 8.78 Å². The highest BCUT2D eigenvalue weighted by molar-refractivity contribution is 9.10. The average molecular weight is 361 g/mol. The Morgan fingerprint density at radius 1 is 1.15 bits per heavy atom. The number of benzene rings is 2. The number of hydrogen-bond donors (Lipinski definition) is 1. The van der Waals surface area contributed by atoms with E-state index in [1.807, 2.05) is 6.92 Å². The molecule has 0 saturated heterocycles. The normalized spacial score (nSPS) is 12.4. The maximum atomic E-state index is 14.1. The average Bonchev–Trinajstić information content (AvgIpc) is 2.40. The molecule has 0 aliphatic carbocycles. The molecule has 0 fully saturated rings. The van der Waals surface area contributed by atoms with Gasteiger partial charge in [0.25, 0.3) is 0 Å². The Kier molecular flexibility index (Phi) is 5.13. The Labute approximate surface area is 130 Å². The lowest BCUT2D eigenvalue weighted by molar-refractivity contribution is 0.552. The zero-order chi connectivity index (χ0) is 14.7. The van der Waals surface area contributed by atoms with Crippen molar-refractivity contribution in [3.05, 3.63) is 68.7 Å². The van der Waals surface area contributed by atoms with E-state index < -0.39 is 11.9 Å². The van der Waals surface area contributed by atoms with E-state index in [0.29, 0.717) is 27.2 Å². The third kappa shape index (κ3) is 3.19. The van der Waals surface area contributed by atoms with Crippen LogP contribution in [0.2, 0.25) is 5.02 Å². The molecule has 2 aromatic carbocycles. The van der Waals surface area contributed by atoms with Gasteiger partial charge in [0, 0.05) is 10.6 Å². The fourth-order valence-electron chi connectivity index (χ4n) is 2.07. The topological polar surface area (TPSA) is 12.0 Å². The standard InChI is InChI=1S/C15H13BrClF2N/c1-2-20-15(10-7-6-9(17)8-13(10)19)11-4-3-5-12(18)14(11)16/h3-8,15,20H,2H2,1H3. The molecule has 0 aliphatic rings. The molecular weight excluding hydrogens is 348 g/mol. The first-order valence-electron chi connectivity index (χ1n) is 6.16. The highest BCUT2D eigenvalue weighted by Gasteiger charge is 2.20. The molecular formula is C15H13BrClF2N. The molecule has 0 spiro atoms. The maximum Gasteiger partial charge on any atom is 0.137 e. The van der Waals surface area contributed by atoms with Crippen molar-refractivity contribution in [2.75, 3.05) is 6.54 Å². The smallest absolute Gasteiger partial charge is 0.137 e. The Balaban J connectivity index is 2.53. The summed E-state index contributed by atoms with van der Waals surface area (Å²) in [5, 5.41) is 3.50. The molecule has 106 valence electrons. The molecule has 0 heterocycles. The Morgan fingerprint density at radius 2 is 1.90 bits per heavy atom. The summed E-state index contributed by atoms with van der Waals surface area (Å²) in [7, 11) is 0. The van der Waals surface area contributed by atoms with E-state index >= 15 is 0 Å². The van der Waals surface area contributed by atoms with E-state index in [0.717, 1.165) is 0 Å². The van der Waals surface area contributed by atoms with Crippen LogP contribution in [0.3, 0.4) is 0 Å². The second kappa shape index (κ2) is 6.66.